The summed E-state index contributed by atoms with van der Waals surface area (Å²) in [5.41, 5.74) is 4.07. The highest BCUT2D eigenvalue weighted by molar-refractivity contribution is 5.84. The molecule has 0 saturated carbocycles. The van der Waals surface area contributed by atoms with Crippen molar-refractivity contribution in [2.75, 3.05) is 13.6 Å². The third-order valence-corrected chi connectivity index (χ3v) is 3.10. The monoisotopic (exact) mass is 216 g/mol. The lowest BCUT2D eigenvalue weighted by atomic mass is 10.00. The summed E-state index contributed by atoms with van der Waals surface area (Å²) in [6.45, 7) is 5.50. The fraction of sp³-hybridized carbons (Fsp3) is 0.429. The highest BCUT2D eigenvalue weighted by Crippen LogP contribution is 2.23. The molecule has 0 aliphatic carbocycles. The van der Waals surface area contributed by atoms with Gasteiger partial charge in [-0.3, -0.25) is 0 Å². The van der Waals surface area contributed by atoms with E-state index in [4.69, 9.17) is 0 Å². The summed E-state index contributed by atoms with van der Waals surface area (Å²) in [6.07, 6.45) is 3.21. The number of rotatable bonds is 4. The zero-order valence-electron chi connectivity index (χ0n) is 10.3. The number of H-pyrrole nitrogens is 1. The molecule has 0 aliphatic heterocycles. The van der Waals surface area contributed by atoms with Crippen LogP contribution in [0.15, 0.2) is 24.4 Å². The zero-order chi connectivity index (χ0) is 11.5. The third kappa shape index (κ3) is 2.12. The van der Waals surface area contributed by atoms with Crippen LogP contribution in [0.2, 0.25) is 0 Å². The summed E-state index contributed by atoms with van der Waals surface area (Å²) >= 11 is 0. The molecule has 0 unspecified atom stereocenters. The van der Waals surface area contributed by atoms with Crippen molar-refractivity contribution in [1.82, 2.24) is 10.3 Å². The maximum Gasteiger partial charge on any atom is 0.0456 e. The zero-order valence-corrected chi connectivity index (χ0v) is 10.3. The van der Waals surface area contributed by atoms with Crippen LogP contribution in [-0.2, 0) is 6.42 Å². The van der Waals surface area contributed by atoms with E-state index in [-0.39, 0.29) is 0 Å². The number of likely N-dealkylation sites (N-methyl/N-ethyl adjacent to an activating group) is 1. The number of hydrogen-bond acceptors (Lipinski definition) is 1. The van der Waals surface area contributed by atoms with E-state index < -0.39 is 0 Å². The average molecular weight is 216 g/mol. The molecule has 2 heteroatoms. The van der Waals surface area contributed by atoms with E-state index in [9.17, 15) is 0 Å². The first-order valence-corrected chi connectivity index (χ1v) is 5.97. The molecule has 0 aliphatic rings. The Morgan fingerprint density at radius 1 is 1.31 bits per heavy atom. The topological polar surface area (TPSA) is 27.8 Å². The summed E-state index contributed by atoms with van der Waals surface area (Å²) in [4.78, 5) is 3.34. The van der Waals surface area contributed by atoms with Gasteiger partial charge >= 0.3 is 0 Å². The van der Waals surface area contributed by atoms with Crippen LogP contribution in [0.3, 0.4) is 0 Å². The SMILES string of the molecule is CNCCc1c[nH]c2ccc(C(C)C)cc12. The molecule has 1 aromatic heterocycles. The normalized spacial score (nSPS) is 11.5. The molecule has 0 atom stereocenters. The molecule has 2 rings (SSSR count). The standard InChI is InChI=1S/C14H20N2/c1-10(2)11-4-5-14-13(8-11)12(9-16-14)6-7-15-3/h4-5,8-10,15-16H,6-7H2,1-3H3. The van der Waals surface area contributed by atoms with Crippen molar-refractivity contribution in [2.45, 2.75) is 26.2 Å². The Labute approximate surface area is 97.1 Å². The molecule has 0 radical (unpaired) electrons. The minimum Gasteiger partial charge on any atom is -0.361 e. The highest BCUT2D eigenvalue weighted by Gasteiger charge is 2.05. The molecule has 16 heavy (non-hydrogen) atoms. The number of aromatic nitrogens is 1. The molecule has 0 bridgehead atoms. The fourth-order valence-electron chi connectivity index (χ4n) is 2.02. The van der Waals surface area contributed by atoms with Crippen LogP contribution < -0.4 is 5.32 Å². The molecule has 0 amide bonds. The fourth-order valence-corrected chi connectivity index (χ4v) is 2.02. The van der Waals surface area contributed by atoms with E-state index in [1.165, 1.54) is 22.0 Å². The number of aromatic amines is 1. The van der Waals surface area contributed by atoms with Gasteiger partial charge in [0.05, 0.1) is 0 Å². The molecule has 2 N–H and O–H groups in total. The van der Waals surface area contributed by atoms with Gasteiger partial charge in [0.15, 0.2) is 0 Å². The lowest BCUT2D eigenvalue weighted by molar-refractivity contribution is 0.794. The average Bonchev–Trinajstić information content (AvgIpc) is 2.68. The third-order valence-electron chi connectivity index (χ3n) is 3.10. The number of fused-ring (bicyclic) bond motifs is 1. The minimum atomic E-state index is 0.594. The quantitative estimate of drug-likeness (QED) is 0.807. The molecular weight excluding hydrogens is 196 g/mol. The van der Waals surface area contributed by atoms with Gasteiger partial charge in [0.2, 0.25) is 0 Å². The van der Waals surface area contributed by atoms with Crippen molar-refractivity contribution in [3.8, 4) is 0 Å². The summed E-state index contributed by atoms with van der Waals surface area (Å²) in [6, 6.07) is 6.72. The smallest absolute Gasteiger partial charge is 0.0456 e. The molecule has 0 saturated heterocycles. The molecule has 0 spiro atoms. The van der Waals surface area contributed by atoms with Crippen LogP contribution in [-0.4, -0.2) is 18.6 Å². The first kappa shape index (κ1) is 11.2. The van der Waals surface area contributed by atoms with Crippen LogP contribution in [0.1, 0.15) is 30.9 Å². The Morgan fingerprint density at radius 3 is 2.81 bits per heavy atom. The summed E-state index contributed by atoms with van der Waals surface area (Å²) in [7, 11) is 1.99. The van der Waals surface area contributed by atoms with Crippen LogP contribution >= 0.6 is 0 Å². The van der Waals surface area contributed by atoms with Crippen LogP contribution in [0, 0.1) is 0 Å². The lowest BCUT2D eigenvalue weighted by Crippen LogP contribution is -2.09. The summed E-state index contributed by atoms with van der Waals surface area (Å²) in [5, 5.41) is 4.57. The van der Waals surface area contributed by atoms with Gasteiger partial charge in [-0.05, 0) is 49.2 Å². The summed E-state index contributed by atoms with van der Waals surface area (Å²) < 4.78 is 0. The van der Waals surface area contributed by atoms with Crippen molar-refractivity contribution in [1.29, 1.82) is 0 Å². The van der Waals surface area contributed by atoms with Gasteiger partial charge in [0.25, 0.3) is 0 Å². The van der Waals surface area contributed by atoms with Crippen molar-refractivity contribution >= 4 is 10.9 Å². The Balaban J connectivity index is 2.39. The molecule has 1 aromatic carbocycles. The molecule has 0 fully saturated rings. The second-order valence-corrected chi connectivity index (χ2v) is 4.63. The van der Waals surface area contributed by atoms with E-state index in [2.05, 4.69) is 48.5 Å². The van der Waals surface area contributed by atoms with E-state index in [0.717, 1.165) is 13.0 Å². The first-order valence-electron chi connectivity index (χ1n) is 5.97. The van der Waals surface area contributed by atoms with E-state index >= 15 is 0 Å². The Hall–Kier alpha value is -1.28. The number of hydrogen-bond donors (Lipinski definition) is 2. The number of nitrogens with one attached hydrogen (secondary N) is 2. The second-order valence-electron chi connectivity index (χ2n) is 4.63. The van der Waals surface area contributed by atoms with Gasteiger partial charge in [-0.1, -0.05) is 19.9 Å². The van der Waals surface area contributed by atoms with Gasteiger partial charge in [0, 0.05) is 17.1 Å². The van der Waals surface area contributed by atoms with E-state index in [1.54, 1.807) is 0 Å². The molecule has 86 valence electrons. The Bertz CT molecular complexity index is 469. The maximum absolute atomic E-state index is 3.34. The molecule has 2 aromatic rings. The largest absolute Gasteiger partial charge is 0.361 e. The van der Waals surface area contributed by atoms with Gasteiger partial charge < -0.3 is 10.3 Å². The molecule has 2 nitrogen and oxygen atoms in total. The van der Waals surface area contributed by atoms with Crippen molar-refractivity contribution in [3.63, 3.8) is 0 Å². The number of benzene rings is 1. The summed E-state index contributed by atoms with van der Waals surface area (Å²) in [5.74, 6) is 0.594. The predicted octanol–water partition coefficient (Wildman–Crippen LogP) is 3.05. The van der Waals surface area contributed by atoms with Crippen molar-refractivity contribution in [2.24, 2.45) is 0 Å². The Morgan fingerprint density at radius 2 is 2.12 bits per heavy atom. The van der Waals surface area contributed by atoms with Crippen LogP contribution in [0.5, 0.6) is 0 Å². The maximum atomic E-state index is 3.34. The first-order chi connectivity index (χ1) is 7.72. The molecular formula is C14H20N2. The van der Waals surface area contributed by atoms with Crippen molar-refractivity contribution < 1.29 is 0 Å². The Kier molecular flexibility index (Phi) is 3.30. The minimum absolute atomic E-state index is 0.594. The van der Waals surface area contributed by atoms with Gasteiger partial charge in [-0.15, -0.1) is 0 Å². The van der Waals surface area contributed by atoms with E-state index in [1.807, 2.05) is 7.05 Å². The van der Waals surface area contributed by atoms with Gasteiger partial charge in [0.1, 0.15) is 0 Å². The van der Waals surface area contributed by atoms with Crippen molar-refractivity contribution in [3.05, 3.63) is 35.5 Å². The second kappa shape index (κ2) is 4.71. The lowest BCUT2D eigenvalue weighted by Gasteiger charge is -2.06. The predicted molar refractivity (Wildman–Crippen MR) is 70.0 cm³/mol. The van der Waals surface area contributed by atoms with Crippen LogP contribution in [0.25, 0.3) is 10.9 Å². The highest BCUT2D eigenvalue weighted by atomic mass is 14.8. The molecule has 1 heterocycles. The van der Waals surface area contributed by atoms with Gasteiger partial charge in [-0.25, -0.2) is 0 Å². The van der Waals surface area contributed by atoms with E-state index in [0.29, 0.717) is 5.92 Å². The van der Waals surface area contributed by atoms with Gasteiger partial charge in [-0.2, -0.15) is 0 Å². The van der Waals surface area contributed by atoms with Crippen LogP contribution in [0.4, 0.5) is 0 Å².